The lowest BCUT2D eigenvalue weighted by atomic mass is 10.2. The van der Waals surface area contributed by atoms with E-state index in [9.17, 15) is 9.59 Å². The van der Waals surface area contributed by atoms with E-state index in [2.05, 4.69) is 22.5 Å². The average molecular weight is 339 g/mol. The molecular formula is C19H21N3O3. The molecule has 0 heterocycles. The number of carbonyl (C=O) groups is 2. The van der Waals surface area contributed by atoms with Gasteiger partial charge < -0.3 is 20.7 Å². The molecule has 0 saturated carbocycles. The van der Waals surface area contributed by atoms with Crippen molar-refractivity contribution in [2.75, 3.05) is 23.8 Å². The van der Waals surface area contributed by atoms with Gasteiger partial charge in [-0.15, -0.1) is 6.58 Å². The molecule has 2 aromatic rings. The van der Waals surface area contributed by atoms with Gasteiger partial charge in [0.05, 0.1) is 12.2 Å². The Balaban J connectivity index is 2.00. The van der Waals surface area contributed by atoms with E-state index >= 15 is 0 Å². The number of hydrogen-bond acceptors (Lipinski definition) is 3. The Labute approximate surface area is 146 Å². The summed E-state index contributed by atoms with van der Waals surface area (Å²) in [5.74, 6) is 0.285. The molecule has 0 aliphatic carbocycles. The predicted molar refractivity (Wildman–Crippen MR) is 99.2 cm³/mol. The van der Waals surface area contributed by atoms with Crippen LogP contribution < -0.4 is 20.7 Å². The van der Waals surface area contributed by atoms with Gasteiger partial charge in [-0.05, 0) is 43.3 Å². The standard InChI is InChI=1S/C19H21N3O3/c1-3-13-20-19(24)22-15-11-9-14(10-12-15)21-18(23)16-7-5-6-8-17(16)25-4-2/h3,5-12H,1,4,13H2,2H3,(H,21,23)(H2,20,22,24). The van der Waals surface area contributed by atoms with E-state index in [-0.39, 0.29) is 11.9 Å². The van der Waals surface area contributed by atoms with Crippen molar-refractivity contribution in [1.82, 2.24) is 5.32 Å². The number of nitrogens with one attached hydrogen (secondary N) is 3. The quantitative estimate of drug-likeness (QED) is 0.674. The van der Waals surface area contributed by atoms with Crippen LogP contribution in [0.25, 0.3) is 0 Å². The second kappa shape index (κ2) is 9.12. The largest absolute Gasteiger partial charge is 0.493 e. The molecule has 25 heavy (non-hydrogen) atoms. The van der Waals surface area contributed by atoms with Crippen LogP contribution in [0.4, 0.5) is 16.2 Å². The monoisotopic (exact) mass is 339 g/mol. The van der Waals surface area contributed by atoms with E-state index in [1.165, 1.54) is 0 Å². The maximum Gasteiger partial charge on any atom is 0.319 e. The van der Waals surface area contributed by atoms with Gasteiger partial charge in [-0.3, -0.25) is 4.79 Å². The molecule has 0 spiro atoms. The molecule has 0 aliphatic rings. The summed E-state index contributed by atoms with van der Waals surface area (Å²) in [5, 5.41) is 8.11. The highest BCUT2D eigenvalue weighted by atomic mass is 16.5. The number of urea groups is 1. The third kappa shape index (κ3) is 5.39. The fourth-order valence-electron chi connectivity index (χ4n) is 2.11. The van der Waals surface area contributed by atoms with Gasteiger partial charge in [-0.25, -0.2) is 4.79 Å². The minimum atomic E-state index is -0.317. The Morgan fingerprint density at radius 3 is 2.32 bits per heavy atom. The van der Waals surface area contributed by atoms with Crippen molar-refractivity contribution in [3.63, 3.8) is 0 Å². The fraction of sp³-hybridized carbons (Fsp3) is 0.158. The van der Waals surface area contributed by atoms with Gasteiger partial charge in [-0.2, -0.15) is 0 Å². The van der Waals surface area contributed by atoms with Crippen molar-refractivity contribution in [3.05, 3.63) is 66.7 Å². The summed E-state index contributed by atoms with van der Waals surface area (Å²) < 4.78 is 5.47. The number of rotatable bonds is 7. The van der Waals surface area contributed by atoms with Crippen LogP contribution in [0.5, 0.6) is 5.75 Å². The first-order valence-corrected chi connectivity index (χ1v) is 7.93. The van der Waals surface area contributed by atoms with Crippen LogP contribution in [0.3, 0.4) is 0 Å². The van der Waals surface area contributed by atoms with E-state index < -0.39 is 0 Å². The number of anilines is 2. The Kier molecular flexibility index (Phi) is 6.59. The zero-order valence-corrected chi connectivity index (χ0v) is 14.0. The third-order valence-electron chi connectivity index (χ3n) is 3.24. The first kappa shape index (κ1) is 18.1. The maximum absolute atomic E-state index is 12.4. The van der Waals surface area contributed by atoms with Gasteiger partial charge in [0.25, 0.3) is 5.91 Å². The number of amides is 3. The van der Waals surface area contributed by atoms with Crippen molar-refractivity contribution in [2.45, 2.75) is 6.92 Å². The third-order valence-corrected chi connectivity index (χ3v) is 3.24. The van der Waals surface area contributed by atoms with Crippen LogP contribution in [0.1, 0.15) is 17.3 Å². The van der Waals surface area contributed by atoms with Gasteiger partial charge in [0.2, 0.25) is 0 Å². The summed E-state index contributed by atoms with van der Waals surface area (Å²) in [5.41, 5.74) is 1.71. The summed E-state index contributed by atoms with van der Waals surface area (Å²) in [6.07, 6.45) is 1.60. The lowest BCUT2D eigenvalue weighted by Crippen LogP contribution is -2.28. The van der Waals surface area contributed by atoms with Crippen LogP contribution in [0, 0.1) is 0 Å². The molecule has 0 aromatic heterocycles. The number of hydrogen-bond donors (Lipinski definition) is 3. The normalized spacial score (nSPS) is 9.80. The number of carbonyl (C=O) groups excluding carboxylic acids is 2. The minimum Gasteiger partial charge on any atom is -0.493 e. The van der Waals surface area contributed by atoms with Gasteiger partial charge in [0.15, 0.2) is 0 Å². The zero-order valence-electron chi connectivity index (χ0n) is 14.0. The van der Waals surface area contributed by atoms with Gasteiger partial charge in [0, 0.05) is 17.9 Å². The van der Waals surface area contributed by atoms with Crippen LogP contribution in [0.15, 0.2) is 61.2 Å². The van der Waals surface area contributed by atoms with Crippen molar-refractivity contribution in [3.8, 4) is 5.75 Å². The lowest BCUT2D eigenvalue weighted by molar-refractivity contribution is 0.102. The van der Waals surface area contributed by atoms with Crippen LogP contribution >= 0.6 is 0 Å². The smallest absolute Gasteiger partial charge is 0.319 e. The van der Waals surface area contributed by atoms with Crippen molar-refractivity contribution >= 4 is 23.3 Å². The molecule has 6 nitrogen and oxygen atoms in total. The summed E-state index contributed by atoms with van der Waals surface area (Å²) in [6.45, 7) is 6.27. The lowest BCUT2D eigenvalue weighted by Gasteiger charge is -2.11. The van der Waals surface area contributed by atoms with E-state index in [1.54, 1.807) is 48.5 Å². The molecular weight excluding hydrogens is 318 g/mol. The Bertz CT molecular complexity index is 742. The van der Waals surface area contributed by atoms with Crippen molar-refractivity contribution in [1.29, 1.82) is 0 Å². The Morgan fingerprint density at radius 1 is 1.04 bits per heavy atom. The summed E-state index contributed by atoms with van der Waals surface area (Å²) in [4.78, 5) is 24.0. The molecule has 0 unspecified atom stereocenters. The highest BCUT2D eigenvalue weighted by molar-refractivity contribution is 6.06. The predicted octanol–water partition coefficient (Wildman–Crippen LogP) is 3.65. The Morgan fingerprint density at radius 2 is 1.68 bits per heavy atom. The van der Waals surface area contributed by atoms with Crippen molar-refractivity contribution in [2.24, 2.45) is 0 Å². The van der Waals surface area contributed by atoms with Crippen LogP contribution in [-0.4, -0.2) is 25.1 Å². The SMILES string of the molecule is C=CCNC(=O)Nc1ccc(NC(=O)c2ccccc2OCC)cc1. The molecule has 6 heteroatoms. The number of benzene rings is 2. The fourth-order valence-corrected chi connectivity index (χ4v) is 2.11. The number of para-hydroxylation sites is 1. The molecule has 0 atom stereocenters. The topological polar surface area (TPSA) is 79.5 Å². The molecule has 0 aliphatic heterocycles. The molecule has 0 saturated heterocycles. The molecule has 0 radical (unpaired) electrons. The highest BCUT2D eigenvalue weighted by Crippen LogP contribution is 2.20. The molecule has 3 amide bonds. The number of ether oxygens (including phenoxy) is 1. The highest BCUT2D eigenvalue weighted by Gasteiger charge is 2.12. The summed E-state index contributed by atoms with van der Waals surface area (Å²) >= 11 is 0. The van der Waals surface area contributed by atoms with E-state index in [1.807, 2.05) is 13.0 Å². The molecule has 0 fully saturated rings. The molecule has 3 N–H and O–H groups in total. The van der Waals surface area contributed by atoms with Gasteiger partial charge in [0.1, 0.15) is 5.75 Å². The average Bonchev–Trinajstić information content (AvgIpc) is 2.62. The van der Waals surface area contributed by atoms with Crippen molar-refractivity contribution < 1.29 is 14.3 Å². The Hall–Kier alpha value is -3.28. The second-order valence-electron chi connectivity index (χ2n) is 5.08. The van der Waals surface area contributed by atoms with Crippen LogP contribution in [-0.2, 0) is 0 Å². The molecule has 2 aromatic carbocycles. The molecule has 130 valence electrons. The van der Waals surface area contributed by atoms with Gasteiger partial charge in [-0.1, -0.05) is 18.2 Å². The van der Waals surface area contributed by atoms with E-state index in [4.69, 9.17) is 4.74 Å². The summed E-state index contributed by atoms with van der Waals surface area (Å²) in [6, 6.07) is 13.6. The van der Waals surface area contributed by atoms with E-state index in [0.717, 1.165) is 0 Å². The minimum absolute atomic E-state index is 0.256. The second-order valence-corrected chi connectivity index (χ2v) is 5.08. The maximum atomic E-state index is 12.4. The van der Waals surface area contributed by atoms with E-state index in [0.29, 0.717) is 35.8 Å². The molecule has 0 bridgehead atoms. The zero-order chi connectivity index (χ0) is 18.1. The molecule has 2 rings (SSSR count). The van der Waals surface area contributed by atoms with Crippen LogP contribution in [0.2, 0.25) is 0 Å². The first-order valence-electron chi connectivity index (χ1n) is 7.93. The summed E-state index contributed by atoms with van der Waals surface area (Å²) in [7, 11) is 0. The first-order chi connectivity index (χ1) is 12.1. The van der Waals surface area contributed by atoms with Gasteiger partial charge >= 0.3 is 6.03 Å².